The minimum absolute atomic E-state index is 0.0560. The first kappa shape index (κ1) is 22.3. The van der Waals surface area contributed by atoms with E-state index in [0.29, 0.717) is 24.1 Å². The van der Waals surface area contributed by atoms with Crippen molar-refractivity contribution in [1.29, 1.82) is 0 Å². The van der Waals surface area contributed by atoms with Crippen molar-refractivity contribution in [2.24, 2.45) is 0 Å². The average molecular weight is 456 g/mol. The van der Waals surface area contributed by atoms with Gasteiger partial charge in [0, 0.05) is 36.0 Å². The molecule has 2 aliphatic heterocycles. The van der Waals surface area contributed by atoms with Gasteiger partial charge in [-0.1, -0.05) is 54.6 Å². The van der Waals surface area contributed by atoms with E-state index in [0.717, 1.165) is 23.9 Å². The molecule has 1 saturated heterocycles. The number of amides is 3. The summed E-state index contributed by atoms with van der Waals surface area (Å²) >= 11 is 0. The Bertz CT molecular complexity index is 1170. The molecule has 1 N–H and O–H groups in total. The van der Waals surface area contributed by atoms with Gasteiger partial charge in [0.25, 0.3) is 11.8 Å². The highest BCUT2D eigenvalue weighted by Gasteiger charge is 2.32. The summed E-state index contributed by atoms with van der Waals surface area (Å²) in [6.07, 6.45) is 3.07. The number of nitrogens with one attached hydrogen (secondary N) is 1. The molecule has 0 bridgehead atoms. The van der Waals surface area contributed by atoms with Gasteiger partial charge in [-0.05, 0) is 55.4 Å². The Morgan fingerprint density at radius 3 is 2.15 bits per heavy atom. The maximum atomic E-state index is 13.0. The third-order valence-corrected chi connectivity index (χ3v) is 6.90. The van der Waals surface area contributed by atoms with E-state index in [2.05, 4.69) is 22.3 Å². The molecule has 0 saturated carbocycles. The molecule has 2 heterocycles. The van der Waals surface area contributed by atoms with E-state index >= 15 is 0 Å². The van der Waals surface area contributed by atoms with Crippen molar-refractivity contribution in [2.75, 3.05) is 26.2 Å². The van der Waals surface area contributed by atoms with Crippen LogP contribution in [0.15, 0.2) is 66.7 Å². The molecule has 6 heteroatoms. The van der Waals surface area contributed by atoms with Gasteiger partial charge in [-0.2, -0.15) is 0 Å². The molecule has 0 radical (unpaired) electrons. The van der Waals surface area contributed by atoms with Gasteiger partial charge in [0.1, 0.15) is 0 Å². The smallest absolute Gasteiger partial charge is 0.261 e. The molecule has 0 aliphatic carbocycles. The number of hydrogen-bond donors (Lipinski definition) is 1. The van der Waals surface area contributed by atoms with Crippen LogP contribution in [0.25, 0.3) is 10.8 Å². The Morgan fingerprint density at radius 2 is 1.50 bits per heavy atom. The summed E-state index contributed by atoms with van der Waals surface area (Å²) < 4.78 is 0. The Hall–Kier alpha value is -3.51. The van der Waals surface area contributed by atoms with Gasteiger partial charge in [-0.15, -0.1) is 0 Å². The van der Waals surface area contributed by atoms with Crippen molar-refractivity contribution in [3.05, 3.63) is 83.4 Å². The summed E-state index contributed by atoms with van der Waals surface area (Å²) in [6, 6.07) is 21.5. The molecule has 2 aliphatic rings. The van der Waals surface area contributed by atoms with Crippen LogP contribution in [-0.4, -0.2) is 53.7 Å². The molecule has 3 aromatic rings. The summed E-state index contributed by atoms with van der Waals surface area (Å²) in [4.78, 5) is 42.4. The number of imide groups is 1. The third kappa shape index (κ3) is 4.33. The summed E-state index contributed by atoms with van der Waals surface area (Å²) in [5.74, 6) is -0.625. The van der Waals surface area contributed by atoms with Crippen LogP contribution in [0.5, 0.6) is 0 Å². The van der Waals surface area contributed by atoms with Gasteiger partial charge in [0.2, 0.25) is 5.91 Å². The van der Waals surface area contributed by atoms with Crippen LogP contribution in [0.3, 0.4) is 0 Å². The highest BCUT2D eigenvalue weighted by atomic mass is 16.2. The SMILES string of the molecule is O=C(CCCN1C(=O)c2cccc3cccc(c23)C1=O)NCC(c1ccccc1)N1CCCC1. The van der Waals surface area contributed by atoms with E-state index in [1.54, 1.807) is 12.1 Å². The lowest BCUT2D eigenvalue weighted by Gasteiger charge is -2.28. The number of nitrogens with zero attached hydrogens (tertiary/aromatic N) is 2. The number of carbonyl (C=O) groups is 3. The molecule has 0 spiro atoms. The maximum absolute atomic E-state index is 13.0. The molecule has 1 atom stereocenters. The van der Waals surface area contributed by atoms with Gasteiger partial charge in [-0.25, -0.2) is 0 Å². The van der Waals surface area contributed by atoms with Crippen molar-refractivity contribution < 1.29 is 14.4 Å². The first-order valence-electron chi connectivity index (χ1n) is 12.1. The van der Waals surface area contributed by atoms with Crippen molar-refractivity contribution >= 4 is 28.5 Å². The average Bonchev–Trinajstić information content (AvgIpc) is 3.40. The third-order valence-electron chi connectivity index (χ3n) is 6.90. The molecule has 1 fully saturated rings. The fourth-order valence-corrected chi connectivity index (χ4v) is 5.17. The van der Waals surface area contributed by atoms with Crippen LogP contribution in [0, 0.1) is 0 Å². The van der Waals surface area contributed by atoms with E-state index in [4.69, 9.17) is 0 Å². The van der Waals surface area contributed by atoms with E-state index < -0.39 is 0 Å². The van der Waals surface area contributed by atoms with Gasteiger partial charge in [0.05, 0.1) is 6.04 Å². The topological polar surface area (TPSA) is 69.7 Å². The van der Waals surface area contributed by atoms with E-state index in [-0.39, 0.29) is 36.7 Å². The first-order chi connectivity index (χ1) is 16.6. The summed E-state index contributed by atoms with van der Waals surface area (Å²) in [7, 11) is 0. The molecule has 3 amide bonds. The number of rotatable bonds is 8. The minimum atomic E-state index is -0.284. The Labute approximate surface area is 199 Å². The fourth-order valence-electron chi connectivity index (χ4n) is 5.17. The number of carbonyl (C=O) groups excluding carboxylic acids is 3. The van der Waals surface area contributed by atoms with Crippen LogP contribution in [0.4, 0.5) is 0 Å². The standard InChI is InChI=1S/C28H29N3O3/c32-25(29-19-24(30-16-4-5-17-30)20-9-2-1-3-10-20)15-8-18-31-27(33)22-13-6-11-21-12-7-14-23(26(21)22)28(31)34/h1-3,6-7,9-14,24H,4-5,8,15-19H2,(H,29,32). The number of hydrogen-bond acceptors (Lipinski definition) is 4. The zero-order chi connectivity index (χ0) is 23.5. The van der Waals surface area contributed by atoms with Crippen LogP contribution < -0.4 is 5.32 Å². The predicted octanol–water partition coefficient (Wildman–Crippen LogP) is 4.17. The Kier molecular flexibility index (Phi) is 6.41. The van der Waals surface area contributed by atoms with Gasteiger partial charge in [-0.3, -0.25) is 24.2 Å². The molecule has 1 unspecified atom stereocenters. The monoisotopic (exact) mass is 455 g/mol. The molecule has 174 valence electrons. The summed E-state index contributed by atoms with van der Waals surface area (Å²) in [6.45, 7) is 2.87. The number of benzene rings is 3. The quantitative estimate of drug-likeness (QED) is 0.518. The Morgan fingerprint density at radius 1 is 0.853 bits per heavy atom. The lowest BCUT2D eigenvalue weighted by Crippen LogP contribution is -2.41. The van der Waals surface area contributed by atoms with E-state index in [9.17, 15) is 14.4 Å². The van der Waals surface area contributed by atoms with Crippen LogP contribution in [-0.2, 0) is 4.79 Å². The second-order valence-electron chi connectivity index (χ2n) is 9.05. The molecular weight excluding hydrogens is 426 g/mol. The first-order valence-corrected chi connectivity index (χ1v) is 12.1. The van der Waals surface area contributed by atoms with Gasteiger partial charge in [0.15, 0.2) is 0 Å². The second kappa shape index (κ2) is 9.77. The van der Waals surface area contributed by atoms with Crippen molar-refractivity contribution in [2.45, 2.75) is 31.7 Å². The minimum Gasteiger partial charge on any atom is -0.354 e. The van der Waals surface area contributed by atoms with E-state index in [1.807, 2.05) is 42.5 Å². The Balaban J connectivity index is 1.18. The zero-order valence-corrected chi connectivity index (χ0v) is 19.2. The van der Waals surface area contributed by atoms with Crippen molar-refractivity contribution in [3.63, 3.8) is 0 Å². The molecule has 34 heavy (non-hydrogen) atoms. The maximum Gasteiger partial charge on any atom is 0.261 e. The van der Waals surface area contributed by atoms with Crippen LogP contribution in [0.1, 0.15) is 58.0 Å². The zero-order valence-electron chi connectivity index (χ0n) is 19.2. The van der Waals surface area contributed by atoms with Gasteiger partial charge >= 0.3 is 0 Å². The normalized spacial score (nSPS) is 16.8. The largest absolute Gasteiger partial charge is 0.354 e. The number of likely N-dealkylation sites (tertiary alicyclic amines) is 1. The highest BCUT2D eigenvalue weighted by molar-refractivity contribution is 6.25. The molecular formula is C28H29N3O3. The fraction of sp³-hybridized carbons (Fsp3) is 0.321. The second-order valence-corrected chi connectivity index (χ2v) is 9.05. The lowest BCUT2D eigenvalue weighted by atomic mass is 9.94. The van der Waals surface area contributed by atoms with Gasteiger partial charge < -0.3 is 5.32 Å². The van der Waals surface area contributed by atoms with Crippen LogP contribution in [0.2, 0.25) is 0 Å². The van der Waals surface area contributed by atoms with Crippen molar-refractivity contribution in [3.8, 4) is 0 Å². The summed E-state index contributed by atoms with van der Waals surface area (Å²) in [5.41, 5.74) is 2.31. The molecule has 6 nitrogen and oxygen atoms in total. The molecule has 0 aromatic heterocycles. The van der Waals surface area contributed by atoms with E-state index in [1.165, 1.54) is 23.3 Å². The molecule has 3 aromatic carbocycles. The van der Waals surface area contributed by atoms with Crippen LogP contribution >= 0.6 is 0 Å². The molecule has 5 rings (SSSR count). The predicted molar refractivity (Wildman–Crippen MR) is 132 cm³/mol. The summed E-state index contributed by atoms with van der Waals surface area (Å²) in [5, 5.41) is 4.70. The highest BCUT2D eigenvalue weighted by Crippen LogP contribution is 2.30. The van der Waals surface area contributed by atoms with Crippen molar-refractivity contribution in [1.82, 2.24) is 15.1 Å². The lowest BCUT2D eigenvalue weighted by molar-refractivity contribution is -0.121.